The van der Waals surface area contributed by atoms with E-state index in [0.29, 0.717) is 17.7 Å². The van der Waals surface area contributed by atoms with Crippen molar-refractivity contribution in [3.05, 3.63) is 70.6 Å². The van der Waals surface area contributed by atoms with Crippen LogP contribution in [0.15, 0.2) is 59.5 Å². The fourth-order valence-corrected chi connectivity index (χ4v) is 4.75. The highest BCUT2D eigenvalue weighted by Gasteiger charge is 2.41. The lowest BCUT2D eigenvalue weighted by Gasteiger charge is -2.17. The van der Waals surface area contributed by atoms with Crippen molar-refractivity contribution in [3.63, 3.8) is 0 Å². The molecule has 8 heteroatoms. The van der Waals surface area contributed by atoms with Crippen LogP contribution < -0.4 is 4.90 Å². The summed E-state index contributed by atoms with van der Waals surface area (Å²) in [5.41, 5.74) is 2.73. The van der Waals surface area contributed by atoms with Gasteiger partial charge in [-0.2, -0.15) is 0 Å². The number of para-hydroxylation sites is 1. The van der Waals surface area contributed by atoms with Crippen LogP contribution in [0.25, 0.3) is 5.57 Å². The van der Waals surface area contributed by atoms with Gasteiger partial charge in [0.25, 0.3) is 11.8 Å². The number of fused-ring (bicyclic) bond motifs is 1. The topological polar surface area (TPSA) is 77.9 Å². The summed E-state index contributed by atoms with van der Waals surface area (Å²) in [7, 11) is 0. The van der Waals surface area contributed by atoms with Gasteiger partial charge in [0.05, 0.1) is 29.1 Å². The number of thiocarbonyl (C=S) groups is 1. The minimum absolute atomic E-state index is 0.0135. The fraction of sp³-hybridized carbons (Fsp3) is 0.143. The Morgan fingerprint density at radius 3 is 2.38 bits per heavy atom. The minimum atomic E-state index is -1.01. The van der Waals surface area contributed by atoms with E-state index in [1.807, 2.05) is 54.6 Å². The molecule has 0 saturated carbocycles. The number of carboxylic acid groups (broad SMARTS) is 1. The molecule has 2 aliphatic heterocycles. The third kappa shape index (κ3) is 3.56. The van der Waals surface area contributed by atoms with Crippen LogP contribution in [0.4, 0.5) is 5.69 Å². The van der Waals surface area contributed by atoms with Crippen molar-refractivity contribution in [3.8, 4) is 0 Å². The molecule has 0 spiro atoms. The van der Waals surface area contributed by atoms with E-state index >= 15 is 0 Å². The number of hydrogen-bond donors (Lipinski definition) is 1. The number of carboxylic acids is 1. The zero-order valence-corrected chi connectivity index (χ0v) is 16.8. The molecule has 2 aromatic rings. The molecule has 29 heavy (non-hydrogen) atoms. The molecule has 1 fully saturated rings. The second-order valence-corrected chi connectivity index (χ2v) is 8.21. The molecule has 2 aromatic carbocycles. The fourth-order valence-electron chi connectivity index (χ4n) is 3.37. The molecule has 2 amide bonds. The first-order valence-corrected chi connectivity index (χ1v) is 10.1. The molecule has 0 bridgehead atoms. The van der Waals surface area contributed by atoms with Crippen LogP contribution in [-0.4, -0.2) is 38.7 Å². The smallest absolute Gasteiger partial charge is 0.305 e. The van der Waals surface area contributed by atoms with Crippen molar-refractivity contribution in [2.24, 2.45) is 0 Å². The number of rotatable bonds is 5. The van der Waals surface area contributed by atoms with E-state index in [-0.39, 0.29) is 28.1 Å². The molecular formula is C21H16N2O4S2. The Bertz CT molecular complexity index is 1070. The van der Waals surface area contributed by atoms with Crippen LogP contribution in [0.3, 0.4) is 0 Å². The summed E-state index contributed by atoms with van der Waals surface area (Å²) in [6, 6.07) is 17.0. The number of carbonyl (C=O) groups is 3. The normalized spacial score (nSPS) is 18.6. The predicted molar refractivity (Wildman–Crippen MR) is 115 cm³/mol. The maximum absolute atomic E-state index is 13.3. The average molecular weight is 425 g/mol. The number of nitrogens with zero attached hydrogens (tertiary/aromatic N) is 2. The van der Waals surface area contributed by atoms with Crippen LogP contribution >= 0.6 is 24.0 Å². The number of benzene rings is 2. The molecule has 6 nitrogen and oxygen atoms in total. The number of anilines is 1. The van der Waals surface area contributed by atoms with E-state index < -0.39 is 11.9 Å². The first-order valence-electron chi connectivity index (χ1n) is 8.92. The van der Waals surface area contributed by atoms with Gasteiger partial charge in [0.1, 0.15) is 4.32 Å². The quantitative estimate of drug-likeness (QED) is 0.586. The van der Waals surface area contributed by atoms with Gasteiger partial charge in [-0.15, -0.1) is 0 Å². The summed E-state index contributed by atoms with van der Waals surface area (Å²) in [5.74, 6) is -1.68. The van der Waals surface area contributed by atoms with Gasteiger partial charge in [-0.3, -0.25) is 19.3 Å². The molecule has 146 valence electrons. The summed E-state index contributed by atoms with van der Waals surface area (Å²) < 4.78 is 0.269. The molecule has 0 aliphatic carbocycles. The van der Waals surface area contributed by atoms with Crippen molar-refractivity contribution in [1.82, 2.24) is 4.90 Å². The van der Waals surface area contributed by atoms with Gasteiger partial charge in [0.15, 0.2) is 0 Å². The van der Waals surface area contributed by atoms with E-state index in [2.05, 4.69) is 0 Å². The van der Waals surface area contributed by atoms with Gasteiger partial charge in [-0.1, -0.05) is 72.5 Å². The molecule has 4 rings (SSSR count). The Labute approximate surface area is 176 Å². The van der Waals surface area contributed by atoms with E-state index in [1.165, 1.54) is 4.90 Å². The maximum atomic E-state index is 13.3. The van der Waals surface area contributed by atoms with Gasteiger partial charge >= 0.3 is 5.97 Å². The molecular weight excluding hydrogens is 408 g/mol. The Kier molecular flexibility index (Phi) is 5.21. The van der Waals surface area contributed by atoms with Crippen LogP contribution in [0.5, 0.6) is 0 Å². The second-order valence-electron chi connectivity index (χ2n) is 6.57. The molecule has 2 aliphatic rings. The van der Waals surface area contributed by atoms with Gasteiger partial charge < -0.3 is 10.0 Å². The maximum Gasteiger partial charge on any atom is 0.305 e. The third-order valence-electron chi connectivity index (χ3n) is 4.73. The molecule has 0 aromatic heterocycles. The largest absolute Gasteiger partial charge is 0.481 e. The summed E-state index contributed by atoms with van der Waals surface area (Å²) in [6.07, 6.45) is -0.209. The van der Waals surface area contributed by atoms with Gasteiger partial charge in [-0.25, -0.2) is 0 Å². The minimum Gasteiger partial charge on any atom is -0.481 e. The lowest BCUT2D eigenvalue weighted by Crippen LogP contribution is -2.31. The third-order valence-corrected chi connectivity index (χ3v) is 6.18. The van der Waals surface area contributed by atoms with E-state index in [4.69, 9.17) is 17.3 Å². The monoisotopic (exact) mass is 424 g/mol. The highest BCUT2D eigenvalue weighted by Crippen LogP contribution is 2.44. The van der Waals surface area contributed by atoms with E-state index in [1.54, 1.807) is 4.90 Å². The zero-order valence-electron chi connectivity index (χ0n) is 15.2. The number of thioether (sulfide) groups is 1. The van der Waals surface area contributed by atoms with Gasteiger partial charge in [0, 0.05) is 12.1 Å². The summed E-state index contributed by atoms with van der Waals surface area (Å²) in [4.78, 5) is 40.3. The standard InChI is InChI=1S/C21H16N2O4S2/c24-16(25)10-11-22-20(27)18(29-21(22)28)17-14-8-4-5-9-15(14)23(19(17)26)12-13-6-2-1-3-7-13/h1-9H,10-12H2,(H,24,25). The number of aliphatic carboxylic acids is 1. The first kappa shape index (κ1) is 19.4. The average Bonchev–Trinajstić information content (AvgIpc) is 3.14. The van der Waals surface area contributed by atoms with Crippen molar-refractivity contribution < 1.29 is 19.5 Å². The lowest BCUT2D eigenvalue weighted by molar-refractivity contribution is -0.137. The summed E-state index contributed by atoms with van der Waals surface area (Å²) in [6.45, 7) is 0.375. The summed E-state index contributed by atoms with van der Waals surface area (Å²) >= 11 is 6.32. The van der Waals surface area contributed by atoms with Gasteiger partial charge in [-0.05, 0) is 11.6 Å². The van der Waals surface area contributed by atoms with Crippen molar-refractivity contribution in [2.45, 2.75) is 13.0 Å². The molecule has 0 atom stereocenters. The highest BCUT2D eigenvalue weighted by atomic mass is 32.2. The molecule has 1 saturated heterocycles. The van der Waals surface area contributed by atoms with Gasteiger partial charge in [0.2, 0.25) is 0 Å². The molecule has 2 heterocycles. The SMILES string of the molecule is O=C(O)CCN1C(=O)C(=C2C(=O)N(Cc3ccccc3)c3ccccc32)SC1=S. The van der Waals surface area contributed by atoms with Crippen molar-refractivity contribution in [1.29, 1.82) is 0 Å². The second kappa shape index (κ2) is 7.81. The number of amides is 2. The highest BCUT2D eigenvalue weighted by molar-refractivity contribution is 8.26. The van der Waals surface area contributed by atoms with Crippen molar-refractivity contribution in [2.75, 3.05) is 11.4 Å². The van der Waals surface area contributed by atoms with Crippen molar-refractivity contribution >= 4 is 57.3 Å². The number of hydrogen-bond acceptors (Lipinski definition) is 5. The Balaban J connectivity index is 1.73. The summed E-state index contributed by atoms with van der Waals surface area (Å²) in [5, 5.41) is 8.91. The van der Waals surface area contributed by atoms with E-state index in [0.717, 1.165) is 23.0 Å². The van der Waals surface area contributed by atoms with E-state index in [9.17, 15) is 14.4 Å². The Hall–Kier alpha value is -2.97. The number of carbonyl (C=O) groups excluding carboxylic acids is 2. The molecule has 0 unspecified atom stereocenters. The zero-order chi connectivity index (χ0) is 20.5. The van der Waals surface area contributed by atoms with Crippen LogP contribution in [0.2, 0.25) is 0 Å². The first-order chi connectivity index (χ1) is 14.0. The Morgan fingerprint density at radius 1 is 0.966 bits per heavy atom. The van der Waals surface area contributed by atoms with Crippen LogP contribution in [-0.2, 0) is 20.9 Å². The lowest BCUT2D eigenvalue weighted by atomic mass is 10.1. The van der Waals surface area contributed by atoms with Crippen LogP contribution in [0, 0.1) is 0 Å². The predicted octanol–water partition coefficient (Wildman–Crippen LogP) is 3.28. The van der Waals surface area contributed by atoms with Crippen LogP contribution in [0.1, 0.15) is 17.5 Å². The molecule has 0 radical (unpaired) electrons. The molecule has 1 N–H and O–H groups in total. The Morgan fingerprint density at radius 2 is 1.66 bits per heavy atom.